The molecule has 8 heteroatoms. The lowest BCUT2D eigenvalue weighted by molar-refractivity contribution is -0.122. The number of rotatable bonds is 7. The minimum absolute atomic E-state index is 0.0608. The molecule has 0 spiro atoms. The summed E-state index contributed by atoms with van der Waals surface area (Å²) in [5.74, 6) is 0.329. The molecule has 3 aromatic rings. The van der Waals surface area contributed by atoms with Gasteiger partial charge >= 0.3 is 0 Å². The SMILES string of the molecule is Cc1cc(C)c(C)c(O[C@H](C)C(=O)Nc2ccc(S(=O)(=O)Nc3cccc(Cl)c3)cc2)c1. The Labute approximate surface area is 193 Å². The number of amides is 1. The molecule has 6 nitrogen and oxygen atoms in total. The number of hydrogen-bond donors (Lipinski definition) is 2. The summed E-state index contributed by atoms with van der Waals surface area (Å²) >= 11 is 5.90. The fraction of sp³-hybridized carbons (Fsp3) is 0.208. The lowest BCUT2D eigenvalue weighted by Crippen LogP contribution is -2.30. The van der Waals surface area contributed by atoms with Gasteiger partial charge in [0.2, 0.25) is 0 Å². The van der Waals surface area contributed by atoms with Gasteiger partial charge < -0.3 is 10.1 Å². The molecule has 0 aliphatic carbocycles. The maximum absolute atomic E-state index is 12.6. The van der Waals surface area contributed by atoms with E-state index in [1.165, 1.54) is 30.3 Å². The monoisotopic (exact) mass is 472 g/mol. The third kappa shape index (κ3) is 5.81. The second kappa shape index (κ2) is 9.63. The first-order valence-electron chi connectivity index (χ1n) is 9.99. The van der Waals surface area contributed by atoms with E-state index >= 15 is 0 Å². The van der Waals surface area contributed by atoms with Gasteiger partial charge in [-0.25, -0.2) is 8.42 Å². The number of hydrogen-bond acceptors (Lipinski definition) is 4. The van der Waals surface area contributed by atoms with E-state index in [0.717, 1.165) is 16.7 Å². The van der Waals surface area contributed by atoms with Crippen molar-refractivity contribution in [3.8, 4) is 5.75 Å². The number of anilines is 2. The number of sulfonamides is 1. The van der Waals surface area contributed by atoms with Gasteiger partial charge in [0.1, 0.15) is 5.75 Å². The Balaban J connectivity index is 1.66. The summed E-state index contributed by atoms with van der Waals surface area (Å²) in [5.41, 5.74) is 3.96. The van der Waals surface area contributed by atoms with Crippen LogP contribution in [0.15, 0.2) is 65.6 Å². The van der Waals surface area contributed by atoms with E-state index in [1.807, 2.05) is 26.8 Å². The summed E-state index contributed by atoms with van der Waals surface area (Å²) in [6.45, 7) is 7.59. The van der Waals surface area contributed by atoms with Crippen molar-refractivity contribution in [2.24, 2.45) is 0 Å². The van der Waals surface area contributed by atoms with Crippen LogP contribution in [0.3, 0.4) is 0 Å². The molecule has 0 saturated heterocycles. The number of carbonyl (C=O) groups excluding carboxylic acids is 1. The van der Waals surface area contributed by atoms with Gasteiger partial charge in [-0.15, -0.1) is 0 Å². The van der Waals surface area contributed by atoms with Crippen LogP contribution in [0, 0.1) is 20.8 Å². The maximum atomic E-state index is 12.6. The second-order valence-electron chi connectivity index (χ2n) is 7.59. The van der Waals surface area contributed by atoms with E-state index in [1.54, 1.807) is 25.1 Å². The van der Waals surface area contributed by atoms with Gasteiger partial charge in [-0.3, -0.25) is 9.52 Å². The summed E-state index contributed by atoms with van der Waals surface area (Å²) in [4.78, 5) is 12.6. The summed E-state index contributed by atoms with van der Waals surface area (Å²) in [6.07, 6.45) is -0.734. The number of halogens is 1. The van der Waals surface area contributed by atoms with Crippen LogP contribution in [-0.2, 0) is 14.8 Å². The Kier molecular flexibility index (Phi) is 7.11. The Morgan fingerprint density at radius 2 is 1.66 bits per heavy atom. The van der Waals surface area contributed by atoms with Crippen LogP contribution in [0.25, 0.3) is 0 Å². The van der Waals surface area contributed by atoms with Crippen molar-refractivity contribution in [2.75, 3.05) is 10.0 Å². The van der Waals surface area contributed by atoms with Gasteiger partial charge in [0, 0.05) is 10.7 Å². The highest BCUT2D eigenvalue weighted by atomic mass is 35.5. The summed E-state index contributed by atoms with van der Waals surface area (Å²) in [5, 5.41) is 3.18. The standard InChI is InChI=1S/C24H25ClN2O4S/c1-15-12-16(2)17(3)23(13-15)31-18(4)24(28)26-20-8-10-22(11-9-20)32(29,30)27-21-7-5-6-19(25)14-21/h5-14,18,27H,1-4H3,(H,26,28)/t18-/m1/s1. The molecule has 0 aromatic heterocycles. The smallest absolute Gasteiger partial charge is 0.265 e. The fourth-order valence-corrected chi connectivity index (χ4v) is 4.33. The lowest BCUT2D eigenvalue weighted by Gasteiger charge is -2.18. The molecule has 1 atom stereocenters. The molecule has 0 aliphatic heterocycles. The molecule has 1 amide bonds. The third-order valence-electron chi connectivity index (χ3n) is 4.95. The summed E-state index contributed by atoms with van der Waals surface area (Å²) < 4.78 is 33.5. The zero-order valence-corrected chi connectivity index (χ0v) is 19.8. The predicted molar refractivity (Wildman–Crippen MR) is 128 cm³/mol. The van der Waals surface area contributed by atoms with Gasteiger partial charge in [0.15, 0.2) is 6.10 Å². The highest BCUT2D eigenvalue weighted by molar-refractivity contribution is 7.92. The van der Waals surface area contributed by atoms with Gasteiger partial charge in [0.05, 0.1) is 10.6 Å². The van der Waals surface area contributed by atoms with E-state index in [0.29, 0.717) is 22.1 Å². The van der Waals surface area contributed by atoms with E-state index < -0.39 is 16.1 Å². The second-order valence-corrected chi connectivity index (χ2v) is 9.71. The van der Waals surface area contributed by atoms with E-state index in [9.17, 15) is 13.2 Å². The van der Waals surface area contributed by atoms with Crippen LogP contribution < -0.4 is 14.8 Å². The normalized spacial score (nSPS) is 12.2. The average Bonchev–Trinajstić information content (AvgIpc) is 2.71. The van der Waals surface area contributed by atoms with Gasteiger partial charge in [-0.05, 0) is 92.9 Å². The largest absolute Gasteiger partial charge is 0.481 e. The zero-order chi connectivity index (χ0) is 23.5. The van der Waals surface area contributed by atoms with Crippen LogP contribution in [0.2, 0.25) is 5.02 Å². The maximum Gasteiger partial charge on any atom is 0.265 e. The molecule has 3 rings (SSSR count). The first kappa shape index (κ1) is 23.6. The Morgan fingerprint density at radius 1 is 0.969 bits per heavy atom. The number of ether oxygens (including phenoxy) is 1. The summed E-state index contributed by atoms with van der Waals surface area (Å²) in [7, 11) is -3.79. The highest BCUT2D eigenvalue weighted by Gasteiger charge is 2.18. The summed E-state index contributed by atoms with van der Waals surface area (Å²) in [6, 6.07) is 16.3. The van der Waals surface area contributed by atoms with Crippen molar-refractivity contribution in [3.63, 3.8) is 0 Å². The molecular formula is C24H25ClN2O4S. The van der Waals surface area contributed by atoms with Crippen molar-refractivity contribution in [2.45, 2.75) is 38.7 Å². The average molecular weight is 473 g/mol. The predicted octanol–water partition coefficient (Wildman–Crippen LogP) is 5.47. The minimum Gasteiger partial charge on any atom is -0.481 e. The zero-order valence-electron chi connectivity index (χ0n) is 18.3. The number of carbonyl (C=O) groups is 1. The Hall–Kier alpha value is -3.03. The van der Waals surface area contributed by atoms with Crippen molar-refractivity contribution in [1.29, 1.82) is 0 Å². The fourth-order valence-electron chi connectivity index (χ4n) is 3.09. The molecular weight excluding hydrogens is 448 g/mol. The number of aryl methyl sites for hydroxylation is 2. The van der Waals surface area contributed by atoms with E-state index in [4.69, 9.17) is 16.3 Å². The topological polar surface area (TPSA) is 84.5 Å². The molecule has 3 aromatic carbocycles. The van der Waals surface area contributed by atoms with Crippen LogP contribution in [0.1, 0.15) is 23.6 Å². The lowest BCUT2D eigenvalue weighted by atomic mass is 10.1. The molecule has 32 heavy (non-hydrogen) atoms. The van der Waals surface area contributed by atoms with Crippen molar-refractivity contribution in [1.82, 2.24) is 0 Å². The highest BCUT2D eigenvalue weighted by Crippen LogP contribution is 2.25. The van der Waals surface area contributed by atoms with Crippen LogP contribution in [0.4, 0.5) is 11.4 Å². The van der Waals surface area contributed by atoms with Gasteiger partial charge in [-0.2, -0.15) is 0 Å². The van der Waals surface area contributed by atoms with E-state index in [2.05, 4.69) is 16.1 Å². The molecule has 0 fully saturated rings. The van der Waals surface area contributed by atoms with E-state index in [-0.39, 0.29) is 10.8 Å². The molecule has 0 radical (unpaired) electrons. The van der Waals surface area contributed by atoms with Gasteiger partial charge in [-0.1, -0.05) is 23.7 Å². The third-order valence-corrected chi connectivity index (χ3v) is 6.58. The van der Waals surface area contributed by atoms with Crippen molar-refractivity contribution >= 4 is 38.9 Å². The van der Waals surface area contributed by atoms with Crippen LogP contribution in [0.5, 0.6) is 5.75 Å². The Morgan fingerprint density at radius 3 is 2.31 bits per heavy atom. The Bertz CT molecular complexity index is 1240. The first-order chi connectivity index (χ1) is 15.0. The van der Waals surface area contributed by atoms with Crippen molar-refractivity contribution < 1.29 is 17.9 Å². The number of nitrogens with one attached hydrogen (secondary N) is 2. The first-order valence-corrected chi connectivity index (χ1v) is 11.8. The molecule has 2 N–H and O–H groups in total. The molecule has 0 saturated carbocycles. The molecule has 0 heterocycles. The molecule has 168 valence electrons. The molecule has 0 unspecified atom stereocenters. The molecule has 0 aliphatic rings. The quantitative estimate of drug-likeness (QED) is 0.477. The van der Waals surface area contributed by atoms with Crippen LogP contribution in [-0.4, -0.2) is 20.4 Å². The minimum atomic E-state index is -3.79. The van der Waals surface area contributed by atoms with Gasteiger partial charge in [0.25, 0.3) is 15.9 Å². The molecule has 0 bridgehead atoms. The van der Waals surface area contributed by atoms with Crippen LogP contribution >= 0.6 is 11.6 Å². The van der Waals surface area contributed by atoms with Crippen molar-refractivity contribution in [3.05, 3.63) is 82.4 Å². The number of benzene rings is 3.